The van der Waals surface area contributed by atoms with E-state index >= 15 is 0 Å². The second kappa shape index (κ2) is 12.0. The van der Waals surface area contributed by atoms with Gasteiger partial charge in [0.15, 0.2) is 5.58 Å². The minimum atomic E-state index is -0.533. The predicted octanol–water partition coefficient (Wildman–Crippen LogP) is 14.7. The van der Waals surface area contributed by atoms with Gasteiger partial charge in [-0.3, -0.25) is 0 Å². The van der Waals surface area contributed by atoms with Gasteiger partial charge in [-0.1, -0.05) is 115 Å². The third kappa shape index (κ3) is 4.46. The van der Waals surface area contributed by atoms with Gasteiger partial charge in [-0.15, -0.1) is 11.3 Å². The molecule has 0 aliphatic carbocycles. The summed E-state index contributed by atoms with van der Waals surface area (Å²) < 4.78 is 104. The molecule has 58 heavy (non-hydrogen) atoms. The molecule has 0 spiro atoms. The van der Waals surface area contributed by atoms with Crippen LogP contribution in [0.4, 0.5) is 0 Å². The van der Waals surface area contributed by atoms with Crippen LogP contribution in [0.3, 0.4) is 0 Å². The van der Waals surface area contributed by atoms with Crippen LogP contribution in [-0.4, -0.2) is 14.5 Å². The van der Waals surface area contributed by atoms with Crippen molar-refractivity contribution in [3.63, 3.8) is 0 Å². The van der Waals surface area contributed by atoms with Gasteiger partial charge in [0.2, 0.25) is 0 Å². The number of thiophene rings is 1. The first kappa shape index (κ1) is 23.5. The van der Waals surface area contributed by atoms with E-state index in [1.807, 2.05) is 60.7 Å². The Morgan fingerprint density at radius 3 is 2.34 bits per heavy atom. The van der Waals surface area contributed by atoms with Gasteiger partial charge < -0.3 is 13.4 Å². The highest BCUT2D eigenvalue weighted by molar-refractivity contribution is 7.26. The lowest BCUT2D eigenvalue weighted by Gasteiger charge is -2.07. The van der Waals surface area contributed by atoms with Crippen LogP contribution >= 0.6 is 11.3 Å². The number of para-hydroxylation sites is 3. The number of aromatic nitrogens is 3. The van der Waals surface area contributed by atoms with E-state index in [1.165, 1.54) is 12.4 Å². The van der Waals surface area contributed by atoms with E-state index in [4.69, 9.17) is 21.2 Å². The summed E-state index contributed by atoms with van der Waals surface area (Å²) in [6.07, 6.45) is 1.32. The van der Waals surface area contributed by atoms with E-state index in [1.54, 1.807) is 0 Å². The largest absolute Gasteiger partial charge is 0.455 e. The van der Waals surface area contributed by atoms with Crippen molar-refractivity contribution in [2.45, 2.75) is 0 Å². The molecule has 0 amide bonds. The van der Waals surface area contributed by atoms with Gasteiger partial charge in [0.25, 0.3) is 0 Å². The van der Waals surface area contributed by atoms with E-state index in [-0.39, 0.29) is 78.4 Å². The Kier molecular flexibility index (Phi) is 4.86. The van der Waals surface area contributed by atoms with Crippen LogP contribution in [0.2, 0.25) is 0 Å². The number of hydrogen-bond donors (Lipinski definition) is 0. The van der Waals surface area contributed by atoms with Crippen molar-refractivity contribution < 1.29 is 22.5 Å². The SMILES string of the molecule is [2H]c1cc([2H])c(-c2c([2H])c([2H])c([2H])c3c2sc2c([2H])c([2H])c([2H])c([2H])c23)c([2H])c1-c1ncnc2c1oc1ccc(-c3cccc4c3oc3c4ccc4c3c3ccccc3n4-c3ccccc3)cc12. The summed E-state index contributed by atoms with van der Waals surface area (Å²) >= 11 is 0.915. The second-order valence-electron chi connectivity index (χ2n) is 14.1. The molecular weight excluding hydrogens is 731 g/mol. The van der Waals surface area contributed by atoms with Crippen LogP contribution in [-0.2, 0) is 0 Å². The standard InChI is InChI=1S/C52H29N3O2S/c1-2-13-33(14-3-1)55-42-21-6-4-16-40(42)46-43(55)25-24-38-37-19-9-17-34(49(37)57-50(38)46)31-23-26-44-41(28-31)48-51(56-44)47(53-29-54-48)32-12-8-11-30(27-32)35-18-10-20-39-36-15-5-7-22-45(36)58-52(35)39/h1-29H/i5D,7D,10D,11D,12D,15D,18D,20D,22D,27D. The fraction of sp³-hybridized carbons (Fsp3) is 0. The number of hydrogen-bond acceptors (Lipinski definition) is 5. The molecule has 0 saturated carbocycles. The molecule has 0 N–H and O–H groups in total. The van der Waals surface area contributed by atoms with E-state index in [0.717, 1.165) is 66.3 Å². The first-order valence-corrected chi connectivity index (χ1v) is 19.4. The molecular formula is C52H29N3O2S. The zero-order chi connectivity index (χ0) is 46.6. The highest BCUT2D eigenvalue weighted by atomic mass is 32.1. The summed E-state index contributed by atoms with van der Waals surface area (Å²) in [6.45, 7) is 0. The molecule has 0 atom stereocenters. The summed E-state index contributed by atoms with van der Waals surface area (Å²) in [5.41, 5.74) is 7.30. The Labute approximate surface area is 348 Å². The highest BCUT2D eigenvalue weighted by Crippen LogP contribution is 2.45. The van der Waals surface area contributed by atoms with Crippen LogP contribution in [0.25, 0.3) is 125 Å². The second-order valence-corrected chi connectivity index (χ2v) is 15.1. The van der Waals surface area contributed by atoms with Crippen molar-refractivity contribution in [2.75, 3.05) is 0 Å². The lowest BCUT2D eigenvalue weighted by atomic mass is 9.99. The minimum Gasteiger partial charge on any atom is -0.455 e. The molecule has 0 aliphatic rings. The third-order valence-corrected chi connectivity index (χ3v) is 12.1. The van der Waals surface area contributed by atoms with Crippen molar-refractivity contribution in [3.8, 4) is 39.2 Å². The number of fused-ring (bicyclic) bond motifs is 13. The molecule has 0 radical (unpaired) electrons. The van der Waals surface area contributed by atoms with E-state index in [9.17, 15) is 1.37 Å². The number of nitrogens with zero attached hydrogens (tertiary/aromatic N) is 3. The van der Waals surface area contributed by atoms with Gasteiger partial charge >= 0.3 is 0 Å². The quantitative estimate of drug-likeness (QED) is 0.179. The summed E-state index contributed by atoms with van der Waals surface area (Å²) in [6, 6.07) is 32.0. The van der Waals surface area contributed by atoms with Gasteiger partial charge in [0.1, 0.15) is 34.3 Å². The molecule has 5 heterocycles. The summed E-state index contributed by atoms with van der Waals surface area (Å²) in [4.78, 5) is 9.18. The molecule has 5 nitrogen and oxygen atoms in total. The molecule has 0 unspecified atom stereocenters. The fourth-order valence-electron chi connectivity index (χ4n) is 8.46. The van der Waals surface area contributed by atoms with E-state index in [2.05, 4.69) is 57.0 Å². The third-order valence-electron chi connectivity index (χ3n) is 11.0. The van der Waals surface area contributed by atoms with Crippen LogP contribution in [0.15, 0.2) is 185 Å². The molecule has 0 fully saturated rings. The Hall–Kier alpha value is -7.54. The molecule has 0 aliphatic heterocycles. The highest BCUT2D eigenvalue weighted by Gasteiger charge is 2.22. The lowest BCUT2D eigenvalue weighted by Crippen LogP contribution is -1.92. The van der Waals surface area contributed by atoms with Gasteiger partial charge in [0.05, 0.1) is 30.1 Å². The van der Waals surface area contributed by atoms with Crippen molar-refractivity contribution in [2.24, 2.45) is 0 Å². The Morgan fingerprint density at radius 1 is 0.534 bits per heavy atom. The zero-order valence-electron chi connectivity index (χ0n) is 40.0. The minimum absolute atomic E-state index is 0.0194. The summed E-state index contributed by atoms with van der Waals surface area (Å²) in [5, 5.41) is 4.74. The monoisotopic (exact) mass is 769 g/mol. The van der Waals surface area contributed by atoms with Gasteiger partial charge in [0, 0.05) is 58.5 Å². The number of rotatable bonds is 4. The molecule has 0 bridgehead atoms. The van der Waals surface area contributed by atoms with Gasteiger partial charge in [-0.05, 0) is 71.2 Å². The normalized spacial score (nSPS) is 14.6. The van der Waals surface area contributed by atoms with Crippen molar-refractivity contribution in [1.82, 2.24) is 14.5 Å². The van der Waals surface area contributed by atoms with Crippen LogP contribution in [0.1, 0.15) is 13.7 Å². The average Bonchev–Trinajstić information content (AvgIpc) is 4.12. The van der Waals surface area contributed by atoms with E-state index in [0.29, 0.717) is 22.1 Å². The maximum absolute atomic E-state index is 9.63. The fourth-order valence-corrected chi connectivity index (χ4v) is 9.53. The molecule has 5 aromatic heterocycles. The molecule has 8 aromatic carbocycles. The van der Waals surface area contributed by atoms with Crippen LogP contribution in [0, 0.1) is 0 Å². The van der Waals surface area contributed by atoms with Crippen molar-refractivity contribution in [1.29, 1.82) is 0 Å². The number of furan rings is 2. The average molecular weight is 770 g/mol. The Bertz CT molecular complexity index is 4410. The summed E-state index contributed by atoms with van der Waals surface area (Å²) in [7, 11) is 0. The topological polar surface area (TPSA) is 57.0 Å². The Morgan fingerprint density at radius 2 is 1.38 bits per heavy atom. The predicted molar refractivity (Wildman–Crippen MR) is 240 cm³/mol. The van der Waals surface area contributed by atoms with Gasteiger partial charge in [-0.2, -0.15) is 0 Å². The maximum atomic E-state index is 9.63. The zero-order valence-corrected chi connectivity index (χ0v) is 30.9. The Balaban J connectivity index is 0.993. The van der Waals surface area contributed by atoms with E-state index < -0.39 is 30.2 Å². The molecule has 270 valence electrons. The van der Waals surface area contributed by atoms with Crippen LogP contribution < -0.4 is 0 Å². The van der Waals surface area contributed by atoms with Crippen molar-refractivity contribution >= 4 is 97.3 Å². The smallest absolute Gasteiger partial charge is 0.180 e. The first-order chi connectivity index (χ1) is 32.9. The molecule has 13 aromatic rings. The molecule has 13 rings (SSSR count). The van der Waals surface area contributed by atoms with Gasteiger partial charge in [-0.25, -0.2) is 9.97 Å². The molecule has 0 saturated heterocycles. The number of benzene rings is 8. The van der Waals surface area contributed by atoms with Crippen molar-refractivity contribution in [3.05, 3.63) is 176 Å². The molecule has 6 heteroatoms. The van der Waals surface area contributed by atoms with Crippen LogP contribution in [0.5, 0.6) is 0 Å². The first-order valence-electron chi connectivity index (χ1n) is 23.6. The summed E-state index contributed by atoms with van der Waals surface area (Å²) in [5.74, 6) is 0. The lowest BCUT2D eigenvalue weighted by molar-refractivity contribution is 0.667. The maximum Gasteiger partial charge on any atom is 0.180 e.